The van der Waals surface area contributed by atoms with Gasteiger partial charge in [-0.15, -0.1) is 0 Å². The molecule has 4 nitrogen and oxygen atoms in total. The zero-order valence-electron chi connectivity index (χ0n) is 11.7. The monoisotopic (exact) mass is 316 g/mol. The molecule has 0 aliphatic carbocycles. The molecular formula is C14H21ClN2O2S. The first-order chi connectivity index (χ1) is 9.53. The van der Waals surface area contributed by atoms with Crippen LogP contribution in [0.3, 0.4) is 0 Å². The molecule has 1 aliphatic heterocycles. The molecule has 0 saturated carbocycles. The van der Waals surface area contributed by atoms with Crippen molar-refractivity contribution in [1.29, 1.82) is 0 Å². The Morgan fingerprint density at radius 1 is 1.30 bits per heavy atom. The summed E-state index contributed by atoms with van der Waals surface area (Å²) < 4.78 is 23.4. The molecule has 1 saturated heterocycles. The van der Waals surface area contributed by atoms with Crippen LogP contribution in [0.5, 0.6) is 0 Å². The number of halogens is 1. The van der Waals surface area contributed by atoms with E-state index in [0.717, 1.165) is 30.9 Å². The Kier molecular flexibility index (Phi) is 5.29. The van der Waals surface area contributed by atoms with Gasteiger partial charge in [0.2, 0.25) is 0 Å². The van der Waals surface area contributed by atoms with Gasteiger partial charge >= 0.3 is 0 Å². The van der Waals surface area contributed by atoms with Crippen molar-refractivity contribution >= 4 is 27.1 Å². The molecule has 0 aromatic heterocycles. The number of benzene rings is 1. The molecule has 0 unspecified atom stereocenters. The van der Waals surface area contributed by atoms with E-state index in [4.69, 9.17) is 11.6 Å². The highest BCUT2D eigenvalue weighted by Gasteiger charge is 2.22. The summed E-state index contributed by atoms with van der Waals surface area (Å²) in [5.41, 5.74) is 2.10. The number of sulfone groups is 1. The van der Waals surface area contributed by atoms with E-state index < -0.39 is 9.84 Å². The quantitative estimate of drug-likeness (QED) is 0.924. The van der Waals surface area contributed by atoms with E-state index in [-0.39, 0.29) is 11.5 Å². The second-order valence-corrected chi connectivity index (χ2v) is 7.73. The molecule has 1 heterocycles. The summed E-state index contributed by atoms with van der Waals surface area (Å²) >= 11 is 6.35. The first-order valence-electron chi connectivity index (χ1n) is 6.97. The lowest BCUT2D eigenvalue weighted by molar-refractivity contribution is 0.597. The van der Waals surface area contributed by atoms with E-state index in [9.17, 15) is 8.42 Å². The number of anilines is 1. The summed E-state index contributed by atoms with van der Waals surface area (Å²) in [4.78, 5) is 2.11. The molecule has 0 amide bonds. The van der Waals surface area contributed by atoms with E-state index in [1.165, 1.54) is 0 Å². The van der Waals surface area contributed by atoms with Crippen molar-refractivity contribution in [3.8, 4) is 0 Å². The van der Waals surface area contributed by atoms with Crippen LogP contribution < -0.4 is 10.2 Å². The van der Waals surface area contributed by atoms with Gasteiger partial charge in [-0.05, 0) is 24.6 Å². The van der Waals surface area contributed by atoms with Crippen molar-refractivity contribution in [3.05, 3.63) is 28.8 Å². The molecule has 0 radical (unpaired) electrons. The van der Waals surface area contributed by atoms with Crippen LogP contribution in [0.4, 0.5) is 5.69 Å². The van der Waals surface area contributed by atoms with Crippen LogP contribution in [0.15, 0.2) is 18.2 Å². The number of nitrogens with one attached hydrogen (secondary N) is 1. The van der Waals surface area contributed by atoms with Crippen LogP contribution in [0.25, 0.3) is 0 Å². The highest BCUT2D eigenvalue weighted by Crippen LogP contribution is 2.31. The molecule has 1 aromatic rings. The molecule has 1 aromatic carbocycles. The van der Waals surface area contributed by atoms with Gasteiger partial charge in [0.25, 0.3) is 0 Å². The minimum atomic E-state index is -2.90. The lowest BCUT2D eigenvalue weighted by atomic mass is 10.1. The number of nitrogens with zero attached hydrogens (tertiary/aromatic N) is 1. The maximum atomic E-state index is 11.7. The molecular weight excluding hydrogens is 296 g/mol. The van der Waals surface area contributed by atoms with Crippen molar-refractivity contribution in [2.45, 2.75) is 19.9 Å². The van der Waals surface area contributed by atoms with Crippen molar-refractivity contribution in [3.63, 3.8) is 0 Å². The van der Waals surface area contributed by atoms with Gasteiger partial charge in [0.15, 0.2) is 9.84 Å². The summed E-state index contributed by atoms with van der Waals surface area (Å²) in [6.07, 6.45) is 0.661. The first kappa shape index (κ1) is 15.6. The summed E-state index contributed by atoms with van der Waals surface area (Å²) in [5, 5.41) is 3.99. The SMILES string of the molecule is CCNCc1cccc(Cl)c1N1CCCS(=O)(=O)CC1. The summed E-state index contributed by atoms with van der Waals surface area (Å²) in [5.74, 6) is 0.482. The minimum Gasteiger partial charge on any atom is -0.369 e. The third kappa shape index (κ3) is 3.87. The second-order valence-electron chi connectivity index (χ2n) is 5.02. The number of hydrogen-bond acceptors (Lipinski definition) is 4. The Hall–Kier alpha value is -0.780. The molecule has 1 fully saturated rings. The van der Waals surface area contributed by atoms with E-state index in [1.54, 1.807) is 0 Å². The predicted molar refractivity (Wildman–Crippen MR) is 84.3 cm³/mol. The third-order valence-electron chi connectivity index (χ3n) is 3.51. The van der Waals surface area contributed by atoms with Gasteiger partial charge in [-0.1, -0.05) is 30.7 Å². The molecule has 0 spiro atoms. The van der Waals surface area contributed by atoms with E-state index in [1.807, 2.05) is 18.2 Å². The van der Waals surface area contributed by atoms with Gasteiger partial charge in [0.05, 0.1) is 22.2 Å². The summed E-state index contributed by atoms with van der Waals surface area (Å²) in [6, 6.07) is 5.85. The Bertz CT molecular complexity index is 560. The zero-order valence-corrected chi connectivity index (χ0v) is 13.3. The fourth-order valence-electron chi connectivity index (χ4n) is 2.48. The van der Waals surface area contributed by atoms with Crippen molar-refractivity contribution < 1.29 is 8.42 Å². The summed E-state index contributed by atoms with van der Waals surface area (Å²) in [6.45, 7) is 4.95. The molecule has 112 valence electrons. The highest BCUT2D eigenvalue weighted by molar-refractivity contribution is 7.91. The lowest BCUT2D eigenvalue weighted by Gasteiger charge is -2.26. The first-order valence-corrected chi connectivity index (χ1v) is 9.17. The lowest BCUT2D eigenvalue weighted by Crippen LogP contribution is -2.29. The molecule has 1 aliphatic rings. The van der Waals surface area contributed by atoms with Crippen LogP contribution in [0.1, 0.15) is 18.9 Å². The number of para-hydroxylation sites is 1. The molecule has 1 N–H and O–H groups in total. The smallest absolute Gasteiger partial charge is 0.152 e. The van der Waals surface area contributed by atoms with Gasteiger partial charge in [-0.2, -0.15) is 0 Å². The molecule has 0 atom stereocenters. The van der Waals surface area contributed by atoms with Crippen LogP contribution in [0, 0.1) is 0 Å². The molecule has 20 heavy (non-hydrogen) atoms. The minimum absolute atomic E-state index is 0.207. The predicted octanol–water partition coefficient (Wildman–Crippen LogP) is 2.07. The average Bonchev–Trinajstić information content (AvgIpc) is 2.57. The molecule has 2 rings (SSSR count). The van der Waals surface area contributed by atoms with E-state index in [0.29, 0.717) is 18.0 Å². The topological polar surface area (TPSA) is 49.4 Å². The summed E-state index contributed by atoms with van der Waals surface area (Å²) in [7, 11) is -2.90. The molecule has 6 heteroatoms. The van der Waals surface area contributed by atoms with Gasteiger partial charge in [-0.25, -0.2) is 8.42 Å². The fraction of sp³-hybridized carbons (Fsp3) is 0.571. The number of hydrogen-bond donors (Lipinski definition) is 1. The normalized spacial score (nSPS) is 18.8. The maximum Gasteiger partial charge on any atom is 0.152 e. The van der Waals surface area contributed by atoms with E-state index >= 15 is 0 Å². The van der Waals surface area contributed by atoms with Crippen LogP contribution in [-0.4, -0.2) is 39.6 Å². The van der Waals surface area contributed by atoms with Gasteiger partial charge in [-0.3, -0.25) is 0 Å². The van der Waals surface area contributed by atoms with Crippen LogP contribution in [0.2, 0.25) is 5.02 Å². The zero-order chi connectivity index (χ0) is 14.6. The van der Waals surface area contributed by atoms with Crippen molar-refractivity contribution in [1.82, 2.24) is 5.32 Å². The van der Waals surface area contributed by atoms with Crippen molar-refractivity contribution in [2.75, 3.05) is 36.0 Å². The van der Waals surface area contributed by atoms with Crippen LogP contribution >= 0.6 is 11.6 Å². The number of rotatable bonds is 4. The average molecular weight is 317 g/mol. The second kappa shape index (κ2) is 6.78. The Morgan fingerprint density at radius 3 is 2.85 bits per heavy atom. The van der Waals surface area contributed by atoms with Gasteiger partial charge < -0.3 is 10.2 Å². The van der Waals surface area contributed by atoms with Crippen molar-refractivity contribution in [2.24, 2.45) is 0 Å². The van der Waals surface area contributed by atoms with Gasteiger partial charge in [0, 0.05) is 19.6 Å². The molecule has 0 bridgehead atoms. The highest BCUT2D eigenvalue weighted by atomic mass is 35.5. The third-order valence-corrected chi connectivity index (χ3v) is 5.53. The fourth-order valence-corrected chi connectivity index (χ4v) is 4.06. The Labute approximate surface area is 126 Å². The van der Waals surface area contributed by atoms with Crippen LogP contribution in [-0.2, 0) is 16.4 Å². The Balaban J connectivity index is 2.26. The van der Waals surface area contributed by atoms with E-state index in [2.05, 4.69) is 17.1 Å². The van der Waals surface area contributed by atoms with Gasteiger partial charge in [0.1, 0.15) is 0 Å². The maximum absolute atomic E-state index is 11.7. The standard InChI is InChI=1S/C14H21ClN2O2S/c1-2-16-11-12-5-3-6-13(15)14(12)17-7-4-9-20(18,19)10-8-17/h3,5-6,16H,2,4,7-11H2,1H3. The largest absolute Gasteiger partial charge is 0.369 e. The Morgan fingerprint density at radius 2 is 2.10 bits per heavy atom.